The number of benzene rings is 2. The summed E-state index contributed by atoms with van der Waals surface area (Å²) in [7, 11) is 1.81. The van der Waals surface area contributed by atoms with Crippen LogP contribution in [0.25, 0.3) is 0 Å². The Morgan fingerprint density at radius 3 is 2.57 bits per heavy atom. The van der Waals surface area contributed by atoms with E-state index in [2.05, 4.69) is 0 Å². The van der Waals surface area contributed by atoms with Gasteiger partial charge in [-0.25, -0.2) is 0 Å². The number of halogens is 2. The molecule has 0 aliphatic heterocycles. The molecule has 0 atom stereocenters. The summed E-state index contributed by atoms with van der Waals surface area (Å²) in [6, 6.07) is 12.5. The van der Waals surface area contributed by atoms with Crippen molar-refractivity contribution in [2.45, 2.75) is 12.4 Å². The molecule has 2 rings (SSSR count). The molecule has 0 N–H and O–H groups in total. The number of nitrogens with zero attached hydrogens (tertiary/aromatic N) is 2. The molecule has 0 fully saturated rings. The highest BCUT2D eigenvalue weighted by molar-refractivity contribution is 6.30. The molecule has 0 aliphatic rings. The molecule has 6 heteroatoms. The zero-order valence-corrected chi connectivity index (χ0v) is 12.9. The van der Waals surface area contributed by atoms with E-state index in [0.717, 1.165) is 11.1 Å². The summed E-state index contributed by atoms with van der Waals surface area (Å²) >= 11 is 11.7. The van der Waals surface area contributed by atoms with Crippen molar-refractivity contribution in [3.05, 3.63) is 68.7 Å². The van der Waals surface area contributed by atoms with E-state index in [-0.39, 0.29) is 16.5 Å². The SMILES string of the molecule is CN(Cc1cccc(Cl)c1)c1ccc(CCl)cc1[N+](=O)[O-]. The van der Waals surface area contributed by atoms with E-state index in [1.165, 1.54) is 6.07 Å². The topological polar surface area (TPSA) is 46.4 Å². The number of anilines is 1. The van der Waals surface area contributed by atoms with Gasteiger partial charge in [0.25, 0.3) is 5.69 Å². The average molecular weight is 325 g/mol. The van der Waals surface area contributed by atoms with Gasteiger partial charge in [-0.1, -0.05) is 29.8 Å². The Balaban J connectivity index is 2.30. The molecule has 2 aromatic carbocycles. The minimum Gasteiger partial charge on any atom is -0.365 e. The minimum atomic E-state index is -0.389. The lowest BCUT2D eigenvalue weighted by Crippen LogP contribution is -2.17. The number of nitro benzene ring substituents is 1. The minimum absolute atomic E-state index is 0.0534. The normalized spacial score (nSPS) is 10.4. The maximum Gasteiger partial charge on any atom is 0.292 e. The Kier molecular flexibility index (Phi) is 5.04. The maximum atomic E-state index is 11.2. The van der Waals surface area contributed by atoms with Crippen molar-refractivity contribution in [3.63, 3.8) is 0 Å². The summed E-state index contributed by atoms with van der Waals surface area (Å²) in [6.45, 7) is 0.529. The highest BCUT2D eigenvalue weighted by atomic mass is 35.5. The molecule has 0 unspecified atom stereocenters. The lowest BCUT2D eigenvalue weighted by Gasteiger charge is -2.19. The van der Waals surface area contributed by atoms with Gasteiger partial charge in [-0.3, -0.25) is 10.1 Å². The van der Waals surface area contributed by atoms with Gasteiger partial charge in [0.2, 0.25) is 0 Å². The van der Waals surface area contributed by atoms with Crippen LogP contribution in [-0.4, -0.2) is 12.0 Å². The summed E-state index contributed by atoms with van der Waals surface area (Å²) in [5.41, 5.74) is 2.32. The van der Waals surface area contributed by atoms with Gasteiger partial charge in [0.05, 0.1) is 4.92 Å². The van der Waals surface area contributed by atoms with Gasteiger partial charge in [-0.05, 0) is 29.3 Å². The second-order valence-electron chi connectivity index (χ2n) is 4.70. The highest BCUT2D eigenvalue weighted by Gasteiger charge is 2.18. The first-order valence-corrected chi connectivity index (χ1v) is 7.21. The summed E-state index contributed by atoms with van der Waals surface area (Å²) in [5.74, 6) is 0.249. The summed E-state index contributed by atoms with van der Waals surface area (Å²) < 4.78 is 0. The van der Waals surface area contributed by atoms with E-state index in [4.69, 9.17) is 23.2 Å². The molecular formula is C15H14Cl2N2O2. The molecule has 0 saturated carbocycles. The van der Waals surface area contributed by atoms with Crippen molar-refractivity contribution in [1.82, 2.24) is 0 Å². The molecule has 21 heavy (non-hydrogen) atoms. The summed E-state index contributed by atoms with van der Waals surface area (Å²) in [6.07, 6.45) is 0. The van der Waals surface area contributed by atoms with Gasteiger partial charge < -0.3 is 4.90 Å². The Bertz CT molecular complexity index is 662. The van der Waals surface area contributed by atoms with Crippen molar-refractivity contribution in [2.24, 2.45) is 0 Å². The largest absolute Gasteiger partial charge is 0.365 e. The average Bonchev–Trinajstić information content (AvgIpc) is 2.46. The number of hydrogen-bond acceptors (Lipinski definition) is 3. The van der Waals surface area contributed by atoms with Crippen molar-refractivity contribution < 1.29 is 4.92 Å². The van der Waals surface area contributed by atoms with E-state index in [9.17, 15) is 10.1 Å². The Morgan fingerprint density at radius 1 is 1.19 bits per heavy atom. The maximum absolute atomic E-state index is 11.2. The summed E-state index contributed by atoms with van der Waals surface area (Å²) in [5, 5.41) is 11.9. The van der Waals surface area contributed by atoms with Crippen molar-refractivity contribution in [2.75, 3.05) is 11.9 Å². The number of nitro groups is 1. The van der Waals surface area contributed by atoms with Crippen LogP contribution in [0.2, 0.25) is 5.02 Å². The van der Waals surface area contributed by atoms with Crippen LogP contribution in [0, 0.1) is 10.1 Å². The lowest BCUT2D eigenvalue weighted by atomic mass is 10.1. The molecule has 4 nitrogen and oxygen atoms in total. The van der Waals surface area contributed by atoms with E-state index in [1.807, 2.05) is 30.1 Å². The van der Waals surface area contributed by atoms with Crippen LogP contribution in [-0.2, 0) is 12.4 Å². The third-order valence-electron chi connectivity index (χ3n) is 3.11. The monoisotopic (exact) mass is 324 g/mol. The number of alkyl halides is 1. The zero-order valence-electron chi connectivity index (χ0n) is 11.4. The van der Waals surface area contributed by atoms with Crippen LogP contribution in [0.15, 0.2) is 42.5 Å². The molecule has 0 aliphatic carbocycles. The predicted molar refractivity (Wildman–Crippen MR) is 86.2 cm³/mol. The third-order valence-corrected chi connectivity index (χ3v) is 3.65. The Hall–Kier alpha value is -1.78. The van der Waals surface area contributed by atoms with E-state index >= 15 is 0 Å². The fourth-order valence-corrected chi connectivity index (χ4v) is 2.49. The van der Waals surface area contributed by atoms with Gasteiger partial charge in [0, 0.05) is 30.6 Å². The second kappa shape index (κ2) is 6.78. The molecular weight excluding hydrogens is 311 g/mol. The van der Waals surface area contributed by atoms with E-state index in [1.54, 1.807) is 18.2 Å². The first-order chi connectivity index (χ1) is 10.0. The van der Waals surface area contributed by atoms with E-state index < -0.39 is 0 Å². The Labute approximate surface area is 133 Å². The van der Waals surface area contributed by atoms with Crippen LogP contribution in [0.4, 0.5) is 11.4 Å². The second-order valence-corrected chi connectivity index (χ2v) is 5.40. The number of hydrogen-bond donors (Lipinski definition) is 0. The fourth-order valence-electron chi connectivity index (χ4n) is 2.12. The van der Waals surface area contributed by atoms with Gasteiger partial charge >= 0.3 is 0 Å². The molecule has 0 saturated heterocycles. The van der Waals surface area contributed by atoms with E-state index in [0.29, 0.717) is 17.3 Å². The third kappa shape index (κ3) is 3.86. The first kappa shape index (κ1) is 15.6. The summed E-state index contributed by atoms with van der Waals surface area (Å²) in [4.78, 5) is 12.6. The highest BCUT2D eigenvalue weighted by Crippen LogP contribution is 2.30. The van der Waals surface area contributed by atoms with Crippen LogP contribution in [0.3, 0.4) is 0 Å². The van der Waals surface area contributed by atoms with Crippen LogP contribution >= 0.6 is 23.2 Å². The van der Waals surface area contributed by atoms with Gasteiger partial charge in [-0.15, -0.1) is 11.6 Å². The molecule has 0 bridgehead atoms. The molecule has 0 amide bonds. The Morgan fingerprint density at radius 2 is 1.95 bits per heavy atom. The molecule has 0 heterocycles. The molecule has 0 aromatic heterocycles. The smallest absolute Gasteiger partial charge is 0.292 e. The van der Waals surface area contributed by atoms with Gasteiger partial charge in [0.1, 0.15) is 5.69 Å². The molecule has 0 radical (unpaired) electrons. The van der Waals surface area contributed by atoms with Crippen molar-refractivity contribution >= 4 is 34.6 Å². The van der Waals surface area contributed by atoms with Crippen LogP contribution < -0.4 is 4.90 Å². The quantitative estimate of drug-likeness (QED) is 0.458. The lowest BCUT2D eigenvalue weighted by molar-refractivity contribution is -0.384. The van der Waals surface area contributed by atoms with Gasteiger partial charge in [-0.2, -0.15) is 0 Å². The zero-order chi connectivity index (χ0) is 15.4. The van der Waals surface area contributed by atoms with Gasteiger partial charge in [0.15, 0.2) is 0 Å². The first-order valence-electron chi connectivity index (χ1n) is 6.30. The van der Waals surface area contributed by atoms with Crippen molar-refractivity contribution in [1.29, 1.82) is 0 Å². The molecule has 2 aromatic rings. The van der Waals surface area contributed by atoms with Crippen molar-refractivity contribution in [3.8, 4) is 0 Å². The van der Waals surface area contributed by atoms with Crippen LogP contribution in [0.5, 0.6) is 0 Å². The molecule has 110 valence electrons. The van der Waals surface area contributed by atoms with Crippen LogP contribution in [0.1, 0.15) is 11.1 Å². The number of rotatable bonds is 5. The standard InChI is InChI=1S/C15H14Cl2N2O2/c1-18(10-12-3-2-4-13(17)7-12)14-6-5-11(9-16)8-15(14)19(20)21/h2-8H,9-10H2,1H3. The molecule has 0 spiro atoms. The fraction of sp³-hybridized carbons (Fsp3) is 0.200. The predicted octanol–water partition coefficient (Wildman–Crippen LogP) is 4.62.